The van der Waals surface area contributed by atoms with Gasteiger partial charge in [0.2, 0.25) is 18.0 Å². The van der Waals surface area contributed by atoms with Crippen LogP contribution in [0.5, 0.6) is 0 Å². The van der Waals surface area contributed by atoms with Crippen LogP contribution in [0.2, 0.25) is 5.02 Å². The molecule has 2 saturated heterocycles. The van der Waals surface area contributed by atoms with Gasteiger partial charge in [-0.3, -0.25) is 9.78 Å². The van der Waals surface area contributed by atoms with Crippen molar-refractivity contribution in [2.45, 2.75) is 80.5 Å². The van der Waals surface area contributed by atoms with E-state index in [0.29, 0.717) is 0 Å². The van der Waals surface area contributed by atoms with Crippen molar-refractivity contribution in [3.63, 3.8) is 0 Å². The summed E-state index contributed by atoms with van der Waals surface area (Å²) in [4.78, 5) is 16.6. The average Bonchev–Trinajstić information content (AvgIpc) is 2.77. The summed E-state index contributed by atoms with van der Waals surface area (Å²) in [5, 5.41) is 41.5. The lowest BCUT2D eigenvalue weighted by Gasteiger charge is -2.58. The van der Waals surface area contributed by atoms with E-state index < -0.39 is 72.4 Å². The first-order valence-electron chi connectivity index (χ1n) is 11.1. The predicted molar refractivity (Wildman–Crippen MR) is 116 cm³/mol. The molecule has 3 fully saturated rings. The average molecular weight is 505 g/mol. The number of likely N-dealkylation sites (N-methyl/N-ethyl adjacent to an activating group) is 2. The molecule has 0 aromatic carbocycles. The zero-order valence-corrected chi connectivity index (χ0v) is 19.7. The van der Waals surface area contributed by atoms with E-state index >= 15 is 0 Å². The molecule has 34 heavy (non-hydrogen) atoms. The van der Waals surface area contributed by atoms with E-state index in [9.17, 15) is 24.5 Å². The van der Waals surface area contributed by atoms with Crippen molar-refractivity contribution in [2.75, 3.05) is 14.1 Å². The quantitative estimate of drug-likeness (QED) is 0.277. The van der Waals surface area contributed by atoms with Gasteiger partial charge in [0.25, 0.3) is 0 Å². The fourth-order valence-corrected chi connectivity index (χ4v) is 5.15. The van der Waals surface area contributed by atoms with Crippen LogP contribution in [-0.2, 0) is 25.4 Å². The molecule has 2 aliphatic heterocycles. The van der Waals surface area contributed by atoms with Crippen LogP contribution in [0, 0.1) is 5.82 Å². The maximum absolute atomic E-state index is 13.4. The summed E-state index contributed by atoms with van der Waals surface area (Å²) in [6, 6.07) is -1.09. The molecule has 190 valence electrons. The van der Waals surface area contributed by atoms with Crippen LogP contribution in [0.3, 0.4) is 0 Å². The van der Waals surface area contributed by atoms with E-state index in [-0.39, 0.29) is 23.6 Å². The smallest absolute Gasteiger partial charge is 0.239 e. The molecule has 10 atom stereocenters. The lowest BCUT2D eigenvalue weighted by atomic mass is 9.79. The van der Waals surface area contributed by atoms with Gasteiger partial charge in [-0.2, -0.15) is 0 Å². The highest BCUT2D eigenvalue weighted by atomic mass is 35.5. The summed E-state index contributed by atoms with van der Waals surface area (Å²) < 4.78 is 31.2. The zero-order valence-electron chi connectivity index (χ0n) is 18.9. The van der Waals surface area contributed by atoms with Crippen LogP contribution in [0.1, 0.15) is 19.0 Å². The second kappa shape index (κ2) is 9.88. The Labute approximate surface area is 200 Å². The molecule has 13 heteroatoms. The molecule has 11 nitrogen and oxygen atoms in total. The van der Waals surface area contributed by atoms with Crippen LogP contribution in [0.25, 0.3) is 0 Å². The molecule has 3 aliphatic rings. The second-order valence-corrected chi connectivity index (χ2v) is 9.35. The Bertz CT molecular complexity index is 916. The number of fused-ring (bicyclic) bond motifs is 2. The van der Waals surface area contributed by atoms with Crippen LogP contribution in [0.4, 0.5) is 4.39 Å². The Morgan fingerprint density at radius 2 is 1.94 bits per heavy atom. The van der Waals surface area contributed by atoms with Gasteiger partial charge in [0.1, 0.15) is 18.3 Å². The SMILES string of the molecule is CN[C@@H]1[C@H](O)[C@H](NC)[C@H]2O[C@]3(O)[C@H](O[C@@H]2[C@H]1O)O[C@H](C)C[C@H]3NC(=O)Cc1cc(Cl)c(F)cn1. The summed E-state index contributed by atoms with van der Waals surface area (Å²) in [6.45, 7) is 1.75. The number of hydrogen-bond donors (Lipinski definition) is 6. The van der Waals surface area contributed by atoms with Gasteiger partial charge in [-0.15, -0.1) is 0 Å². The van der Waals surface area contributed by atoms with Crippen molar-refractivity contribution in [1.29, 1.82) is 0 Å². The van der Waals surface area contributed by atoms with E-state index in [1.807, 2.05) is 0 Å². The molecule has 3 heterocycles. The summed E-state index contributed by atoms with van der Waals surface area (Å²) in [5.74, 6) is -3.30. The van der Waals surface area contributed by atoms with Gasteiger partial charge in [-0.05, 0) is 33.5 Å². The van der Waals surface area contributed by atoms with E-state index in [4.69, 9.17) is 25.8 Å². The molecule has 0 bridgehead atoms. The number of rotatable bonds is 5. The van der Waals surface area contributed by atoms with Crippen LogP contribution >= 0.6 is 11.6 Å². The van der Waals surface area contributed by atoms with Crippen molar-refractivity contribution >= 4 is 17.5 Å². The maximum Gasteiger partial charge on any atom is 0.239 e. The van der Waals surface area contributed by atoms with Gasteiger partial charge < -0.3 is 45.5 Å². The third kappa shape index (κ3) is 4.54. The topological polar surface area (TPSA) is 154 Å². The number of aromatic nitrogens is 1. The molecule has 0 unspecified atom stereocenters. The Hall–Kier alpha value is -1.48. The third-order valence-electron chi connectivity index (χ3n) is 6.69. The Balaban J connectivity index is 1.55. The first kappa shape index (κ1) is 25.6. The number of amides is 1. The van der Waals surface area contributed by atoms with Gasteiger partial charge in [0, 0.05) is 0 Å². The number of halogens is 2. The molecule has 4 rings (SSSR count). The number of hydrogen-bond acceptors (Lipinski definition) is 10. The molecule has 1 aromatic rings. The first-order valence-corrected chi connectivity index (χ1v) is 11.5. The minimum Gasteiger partial charge on any atom is -0.390 e. The van der Waals surface area contributed by atoms with Gasteiger partial charge in [0.15, 0.2) is 5.82 Å². The van der Waals surface area contributed by atoms with Crippen molar-refractivity contribution in [1.82, 2.24) is 20.9 Å². The maximum atomic E-state index is 13.4. The number of aliphatic hydroxyl groups is 3. The molecule has 1 saturated carbocycles. The molecule has 6 N–H and O–H groups in total. The number of nitrogens with one attached hydrogen (secondary N) is 3. The molecule has 1 aliphatic carbocycles. The third-order valence-corrected chi connectivity index (χ3v) is 6.98. The summed E-state index contributed by atoms with van der Waals surface area (Å²) >= 11 is 5.77. The van der Waals surface area contributed by atoms with Crippen LogP contribution in [-0.4, -0.2) is 101 Å². The second-order valence-electron chi connectivity index (χ2n) is 8.95. The standard InChI is InChI=1S/C21H30ClFN4O7/c1-8-4-12(27-13(28)6-9-5-10(22)11(23)7-26-9)21(31)20(32-8)33-19-17(30)14(24-2)16(29)15(25-3)18(19)34-21/h5,7-8,12,14-20,24-25,29-31H,4,6H2,1-3H3,(H,27,28)/t8-,12-,14-,15+,16+,17+,18-,19-,20+,21+/m1/s1. The zero-order chi connectivity index (χ0) is 24.8. The molecule has 0 radical (unpaired) electrons. The van der Waals surface area contributed by atoms with Crippen molar-refractivity contribution in [3.05, 3.63) is 28.8 Å². The highest BCUT2D eigenvalue weighted by molar-refractivity contribution is 6.30. The monoisotopic (exact) mass is 504 g/mol. The molecule has 1 aromatic heterocycles. The summed E-state index contributed by atoms with van der Waals surface area (Å²) in [5.41, 5.74) is 0.250. The fourth-order valence-electron chi connectivity index (χ4n) is 4.98. The van der Waals surface area contributed by atoms with Crippen molar-refractivity contribution < 1.29 is 38.7 Å². The van der Waals surface area contributed by atoms with Gasteiger partial charge >= 0.3 is 0 Å². The first-order chi connectivity index (χ1) is 16.1. The Morgan fingerprint density at radius 1 is 1.24 bits per heavy atom. The Kier molecular flexibility index (Phi) is 7.44. The lowest BCUT2D eigenvalue weighted by molar-refractivity contribution is -0.449. The highest BCUT2D eigenvalue weighted by Crippen LogP contribution is 2.42. The number of carbonyl (C=O) groups excluding carboxylic acids is 1. The predicted octanol–water partition coefficient (Wildman–Crippen LogP) is -1.58. The number of carbonyl (C=O) groups is 1. The van der Waals surface area contributed by atoms with Gasteiger partial charge in [-0.25, -0.2) is 4.39 Å². The van der Waals surface area contributed by atoms with Crippen molar-refractivity contribution in [2.24, 2.45) is 0 Å². The summed E-state index contributed by atoms with van der Waals surface area (Å²) in [6.07, 6.45) is -4.87. The van der Waals surface area contributed by atoms with Gasteiger partial charge in [-0.1, -0.05) is 11.6 Å². The normalized spacial score (nSPS) is 41.9. The lowest BCUT2D eigenvalue weighted by Crippen LogP contribution is -2.79. The highest BCUT2D eigenvalue weighted by Gasteiger charge is 2.63. The number of nitrogens with zero attached hydrogens (tertiary/aromatic N) is 1. The molecular weight excluding hydrogens is 475 g/mol. The summed E-state index contributed by atoms with van der Waals surface area (Å²) in [7, 11) is 3.23. The van der Waals surface area contributed by atoms with E-state index in [1.165, 1.54) is 6.07 Å². The molecule has 1 amide bonds. The largest absolute Gasteiger partial charge is 0.390 e. The fraction of sp³-hybridized carbons (Fsp3) is 0.714. The van der Waals surface area contributed by atoms with Gasteiger partial charge in [0.05, 0.1) is 53.7 Å². The van der Waals surface area contributed by atoms with E-state index in [0.717, 1.165) is 6.20 Å². The minimum absolute atomic E-state index is 0.154. The number of ether oxygens (including phenoxy) is 3. The number of aliphatic hydroxyl groups excluding tert-OH is 2. The van der Waals surface area contributed by atoms with E-state index in [1.54, 1.807) is 21.0 Å². The molecule has 0 spiro atoms. The number of pyridine rings is 1. The molecular formula is C21H30ClFN4O7. The minimum atomic E-state index is -2.10. The van der Waals surface area contributed by atoms with Crippen LogP contribution < -0.4 is 16.0 Å². The Morgan fingerprint density at radius 3 is 2.59 bits per heavy atom. The van der Waals surface area contributed by atoms with Crippen molar-refractivity contribution in [3.8, 4) is 0 Å². The van der Waals surface area contributed by atoms with Crippen LogP contribution in [0.15, 0.2) is 12.3 Å². The van der Waals surface area contributed by atoms with E-state index in [2.05, 4.69) is 20.9 Å².